The molecule has 0 aliphatic carbocycles. The van der Waals surface area contributed by atoms with Gasteiger partial charge in [0.25, 0.3) is 0 Å². The molecule has 0 N–H and O–H groups in total. The smallest absolute Gasteiger partial charge is 0.116 e. The molecule has 2 nitrogen and oxygen atoms in total. The second-order valence-electron chi connectivity index (χ2n) is 3.18. The van der Waals surface area contributed by atoms with Gasteiger partial charge in [-0.1, -0.05) is 9.24 Å². The van der Waals surface area contributed by atoms with E-state index in [-0.39, 0.29) is 0 Å². The van der Waals surface area contributed by atoms with Gasteiger partial charge in [0, 0.05) is 19.1 Å². The molecule has 11 heavy (non-hydrogen) atoms. The lowest BCUT2D eigenvalue weighted by Crippen LogP contribution is -2.39. The van der Waals surface area contributed by atoms with E-state index < -0.39 is 0 Å². The highest BCUT2D eigenvalue weighted by Crippen LogP contribution is 2.09. The molecule has 0 aliphatic heterocycles. The first-order valence-corrected chi connectivity index (χ1v) is 4.59. The summed E-state index contributed by atoms with van der Waals surface area (Å²) in [5.41, 5.74) is 1.04. The van der Waals surface area contributed by atoms with E-state index in [4.69, 9.17) is 0 Å². The molecule has 0 saturated heterocycles. The van der Waals surface area contributed by atoms with Crippen molar-refractivity contribution in [3.8, 4) is 0 Å². The molecule has 66 valence electrons. The van der Waals surface area contributed by atoms with E-state index in [0.717, 1.165) is 5.58 Å². The van der Waals surface area contributed by atoms with Crippen molar-refractivity contribution in [1.82, 2.24) is 4.90 Å². The second kappa shape index (κ2) is 4.71. The van der Waals surface area contributed by atoms with Gasteiger partial charge in [-0.3, -0.25) is 4.99 Å². The van der Waals surface area contributed by atoms with E-state index in [1.165, 1.54) is 0 Å². The van der Waals surface area contributed by atoms with Crippen molar-refractivity contribution in [2.45, 2.75) is 39.8 Å². The number of aliphatic imine (C=N–C) groups is 1. The Morgan fingerprint density at radius 1 is 1.18 bits per heavy atom. The largest absolute Gasteiger partial charge is 0.352 e. The molecule has 0 aliphatic rings. The van der Waals surface area contributed by atoms with Crippen molar-refractivity contribution in [2.75, 3.05) is 7.05 Å². The summed E-state index contributed by atoms with van der Waals surface area (Å²) < 4.78 is 0. The monoisotopic (exact) mass is 174 g/mol. The van der Waals surface area contributed by atoms with Crippen LogP contribution in [0.15, 0.2) is 4.99 Å². The average Bonchev–Trinajstić information content (AvgIpc) is 1.85. The molecule has 0 spiro atoms. The molecule has 0 bridgehead atoms. The fraction of sp³-hybridized carbons (Fsp3) is 0.875. The third-order valence-electron chi connectivity index (χ3n) is 1.61. The summed E-state index contributed by atoms with van der Waals surface area (Å²) in [4.78, 5) is 6.41. The lowest BCUT2D eigenvalue weighted by molar-refractivity contribution is 0.298. The van der Waals surface area contributed by atoms with Crippen LogP contribution in [-0.2, 0) is 0 Å². The zero-order valence-electron chi connectivity index (χ0n) is 8.13. The van der Waals surface area contributed by atoms with Gasteiger partial charge >= 0.3 is 0 Å². The first kappa shape index (κ1) is 10.9. The van der Waals surface area contributed by atoms with E-state index in [9.17, 15) is 0 Å². The van der Waals surface area contributed by atoms with Crippen LogP contribution in [0.25, 0.3) is 0 Å². The van der Waals surface area contributed by atoms with Gasteiger partial charge < -0.3 is 4.90 Å². The number of rotatable bonds is 2. The van der Waals surface area contributed by atoms with Crippen LogP contribution in [0, 0.1) is 0 Å². The van der Waals surface area contributed by atoms with Crippen LogP contribution in [0.1, 0.15) is 27.7 Å². The minimum Gasteiger partial charge on any atom is -0.352 e. The highest BCUT2D eigenvalue weighted by molar-refractivity contribution is 7.40. The van der Waals surface area contributed by atoms with Crippen molar-refractivity contribution in [3.05, 3.63) is 0 Å². The maximum atomic E-state index is 4.14. The summed E-state index contributed by atoms with van der Waals surface area (Å²) in [5, 5.41) is 0. The Morgan fingerprint density at radius 3 is 1.64 bits per heavy atom. The second-order valence-corrected chi connectivity index (χ2v) is 3.69. The van der Waals surface area contributed by atoms with Gasteiger partial charge in [0.1, 0.15) is 5.58 Å². The van der Waals surface area contributed by atoms with Crippen molar-refractivity contribution < 1.29 is 0 Å². The summed E-state index contributed by atoms with van der Waals surface area (Å²) in [7, 11) is 4.48. The summed E-state index contributed by atoms with van der Waals surface area (Å²) in [6.45, 7) is 8.70. The van der Waals surface area contributed by atoms with Crippen molar-refractivity contribution >= 4 is 14.8 Å². The van der Waals surface area contributed by atoms with E-state index in [1.54, 1.807) is 0 Å². The van der Waals surface area contributed by atoms with Crippen LogP contribution < -0.4 is 0 Å². The standard InChI is InChI=1S/C8H19N2P/c1-6(2)10(7(3)4)8(11)9-5/h6-7H,11H2,1-5H3. The summed E-state index contributed by atoms with van der Waals surface area (Å²) in [6.07, 6.45) is 0. The molecule has 1 unspecified atom stereocenters. The number of nitrogens with zero attached hydrogens (tertiary/aromatic N) is 2. The Morgan fingerprint density at radius 2 is 1.55 bits per heavy atom. The number of hydrogen-bond acceptors (Lipinski definition) is 1. The highest BCUT2D eigenvalue weighted by Gasteiger charge is 2.13. The van der Waals surface area contributed by atoms with Crippen molar-refractivity contribution in [3.63, 3.8) is 0 Å². The predicted molar refractivity (Wildman–Crippen MR) is 55.2 cm³/mol. The SMILES string of the molecule is CN=C(P)N(C(C)C)C(C)C. The quantitative estimate of drug-likeness (QED) is 0.355. The van der Waals surface area contributed by atoms with Gasteiger partial charge in [0.2, 0.25) is 0 Å². The summed E-state index contributed by atoms with van der Waals surface area (Å²) in [6, 6.07) is 1.04. The summed E-state index contributed by atoms with van der Waals surface area (Å²) >= 11 is 0. The first-order chi connectivity index (χ1) is 5.00. The maximum absolute atomic E-state index is 4.14. The van der Waals surface area contributed by atoms with Gasteiger partial charge in [-0.15, -0.1) is 0 Å². The minimum absolute atomic E-state index is 0.520. The molecular formula is C8H19N2P. The van der Waals surface area contributed by atoms with Crippen LogP contribution >= 0.6 is 9.24 Å². The van der Waals surface area contributed by atoms with Crippen LogP contribution in [-0.4, -0.2) is 29.6 Å². The molecule has 0 aromatic rings. The third-order valence-corrected chi connectivity index (χ3v) is 2.16. The Kier molecular flexibility index (Phi) is 4.67. The molecule has 3 heteroatoms. The van der Waals surface area contributed by atoms with Gasteiger partial charge in [-0.25, -0.2) is 0 Å². The van der Waals surface area contributed by atoms with Crippen LogP contribution in [0.3, 0.4) is 0 Å². The highest BCUT2D eigenvalue weighted by atomic mass is 31.0. The molecule has 1 atom stereocenters. The fourth-order valence-corrected chi connectivity index (χ4v) is 1.84. The lowest BCUT2D eigenvalue weighted by atomic mass is 10.2. The summed E-state index contributed by atoms with van der Waals surface area (Å²) in [5.74, 6) is 0. The van der Waals surface area contributed by atoms with Crippen LogP contribution in [0.4, 0.5) is 0 Å². The third kappa shape index (κ3) is 3.20. The average molecular weight is 174 g/mol. The maximum Gasteiger partial charge on any atom is 0.116 e. The van der Waals surface area contributed by atoms with E-state index >= 15 is 0 Å². The molecule has 0 saturated carbocycles. The fourth-order valence-electron chi connectivity index (χ4n) is 1.24. The molecule has 0 aromatic carbocycles. The molecule has 0 heterocycles. The first-order valence-electron chi connectivity index (χ1n) is 4.01. The van der Waals surface area contributed by atoms with Crippen molar-refractivity contribution in [1.29, 1.82) is 0 Å². The zero-order chi connectivity index (χ0) is 9.02. The number of hydrogen-bond donors (Lipinski definition) is 0. The minimum atomic E-state index is 0.520. The van der Waals surface area contributed by atoms with E-state index in [2.05, 4.69) is 46.8 Å². The van der Waals surface area contributed by atoms with Crippen molar-refractivity contribution in [2.24, 2.45) is 4.99 Å². The lowest BCUT2D eigenvalue weighted by Gasteiger charge is -2.32. The van der Waals surface area contributed by atoms with Gasteiger partial charge in [0.05, 0.1) is 0 Å². The molecule has 0 amide bonds. The molecule has 0 fully saturated rings. The number of amidine groups is 1. The zero-order valence-corrected chi connectivity index (χ0v) is 9.28. The normalized spacial score (nSPS) is 12.9. The topological polar surface area (TPSA) is 15.6 Å². The Labute approximate surface area is 72.3 Å². The Balaban J connectivity index is 4.35. The van der Waals surface area contributed by atoms with Crippen LogP contribution in [0.2, 0.25) is 0 Å². The van der Waals surface area contributed by atoms with E-state index in [0.29, 0.717) is 12.1 Å². The molecule has 0 rings (SSSR count). The molecule has 0 aromatic heterocycles. The van der Waals surface area contributed by atoms with Gasteiger partial charge in [0.15, 0.2) is 0 Å². The van der Waals surface area contributed by atoms with Gasteiger partial charge in [-0.2, -0.15) is 0 Å². The predicted octanol–water partition coefficient (Wildman–Crippen LogP) is 1.97. The Hall–Kier alpha value is -0.100. The molecular weight excluding hydrogens is 155 g/mol. The Bertz CT molecular complexity index is 133. The van der Waals surface area contributed by atoms with Gasteiger partial charge in [-0.05, 0) is 27.7 Å². The van der Waals surface area contributed by atoms with E-state index in [1.807, 2.05) is 7.05 Å². The van der Waals surface area contributed by atoms with Crippen LogP contribution in [0.5, 0.6) is 0 Å². The molecule has 0 radical (unpaired) electrons.